The molecule has 96 valence electrons. The normalized spacial score (nSPS) is 14.2. The predicted molar refractivity (Wildman–Crippen MR) is 63.9 cm³/mol. The van der Waals surface area contributed by atoms with E-state index in [0.717, 1.165) is 6.42 Å². The number of benzene rings is 1. The lowest BCUT2D eigenvalue weighted by molar-refractivity contribution is 0.111. The number of ether oxygens (including phenoxy) is 2. The monoisotopic (exact) mass is 242 g/mol. The summed E-state index contributed by atoms with van der Waals surface area (Å²) in [6.45, 7) is 3.83. The fourth-order valence-corrected chi connectivity index (χ4v) is 1.63. The van der Waals surface area contributed by atoms with Gasteiger partial charge in [-0.25, -0.2) is 4.39 Å². The smallest absolute Gasteiger partial charge is 0.163 e. The molecule has 0 spiro atoms. The van der Waals surface area contributed by atoms with Crippen LogP contribution in [0.4, 0.5) is 4.39 Å². The van der Waals surface area contributed by atoms with Gasteiger partial charge in [-0.15, -0.1) is 0 Å². The number of methoxy groups -OCH3 is 2. The zero-order valence-corrected chi connectivity index (χ0v) is 10.7. The maximum absolute atomic E-state index is 13.8. The van der Waals surface area contributed by atoms with Crippen LogP contribution in [0.1, 0.15) is 31.9 Å². The summed E-state index contributed by atoms with van der Waals surface area (Å²) in [4.78, 5) is 0. The molecule has 3 nitrogen and oxygen atoms in total. The van der Waals surface area contributed by atoms with Crippen molar-refractivity contribution in [2.75, 3.05) is 14.2 Å². The number of hydrogen-bond acceptors (Lipinski definition) is 3. The van der Waals surface area contributed by atoms with E-state index < -0.39 is 11.9 Å². The highest BCUT2D eigenvalue weighted by Crippen LogP contribution is 2.35. The number of halogens is 1. The second-order valence-corrected chi connectivity index (χ2v) is 4.06. The molecule has 4 heteroatoms. The lowest BCUT2D eigenvalue weighted by atomic mass is 9.94. The van der Waals surface area contributed by atoms with E-state index in [0.29, 0.717) is 11.5 Å². The predicted octanol–water partition coefficient (Wildman–Crippen LogP) is 2.92. The second-order valence-electron chi connectivity index (χ2n) is 4.06. The van der Waals surface area contributed by atoms with Crippen molar-refractivity contribution in [2.24, 2.45) is 5.92 Å². The van der Waals surface area contributed by atoms with Crippen LogP contribution in [0.15, 0.2) is 12.1 Å². The molecule has 2 atom stereocenters. The number of aliphatic hydroxyl groups excluding tert-OH is 1. The number of aliphatic hydroxyl groups is 1. The molecule has 0 radical (unpaired) electrons. The first-order chi connectivity index (χ1) is 8.04. The summed E-state index contributed by atoms with van der Waals surface area (Å²) in [5.74, 6) is 0.259. The van der Waals surface area contributed by atoms with Crippen LogP contribution in [-0.4, -0.2) is 19.3 Å². The van der Waals surface area contributed by atoms with Gasteiger partial charge in [0.05, 0.1) is 20.3 Å². The molecule has 0 aliphatic carbocycles. The Kier molecular flexibility index (Phi) is 4.75. The summed E-state index contributed by atoms with van der Waals surface area (Å²) in [5, 5.41) is 10.0. The minimum Gasteiger partial charge on any atom is -0.493 e. The molecule has 0 amide bonds. The van der Waals surface area contributed by atoms with Crippen LogP contribution < -0.4 is 9.47 Å². The fourth-order valence-electron chi connectivity index (χ4n) is 1.63. The van der Waals surface area contributed by atoms with Gasteiger partial charge in [-0.2, -0.15) is 0 Å². The third kappa shape index (κ3) is 2.88. The van der Waals surface area contributed by atoms with E-state index in [4.69, 9.17) is 9.47 Å². The molecule has 0 heterocycles. The first-order valence-corrected chi connectivity index (χ1v) is 5.64. The summed E-state index contributed by atoms with van der Waals surface area (Å²) < 4.78 is 23.9. The van der Waals surface area contributed by atoms with E-state index in [1.807, 2.05) is 13.8 Å². The fraction of sp³-hybridized carbons (Fsp3) is 0.538. The molecule has 0 bridgehead atoms. The average Bonchev–Trinajstić information content (AvgIpc) is 2.36. The van der Waals surface area contributed by atoms with Crippen molar-refractivity contribution in [2.45, 2.75) is 26.4 Å². The molecule has 1 N–H and O–H groups in total. The van der Waals surface area contributed by atoms with Crippen molar-refractivity contribution in [1.29, 1.82) is 0 Å². The van der Waals surface area contributed by atoms with E-state index in [9.17, 15) is 9.50 Å². The molecule has 1 aromatic rings. The van der Waals surface area contributed by atoms with Crippen molar-refractivity contribution in [3.8, 4) is 11.5 Å². The number of hydrogen-bond donors (Lipinski definition) is 1. The Bertz CT molecular complexity index is 379. The zero-order chi connectivity index (χ0) is 13.0. The van der Waals surface area contributed by atoms with Crippen LogP contribution in [0.25, 0.3) is 0 Å². The lowest BCUT2D eigenvalue weighted by Crippen LogP contribution is -2.10. The van der Waals surface area contributed by atoms with E-state index in [2.05, 4.69) is 0 Å². The van der Waals surface area contributed by atoms with Crippen molar-refractivity contribution in [3.05, 3.63) is 23.5 Å². The largest absolute Gasteiger partial charge is 0.493 e. The first-order valence-electron chi connectivity index (χ1n) is 5.64. The molecule has 0 aromatic heterocycles. The van der Waals surface area contributed by atoms with Crippen molar-refractivity contribution in [3.63, 3.8) is 0 Å². The molecular weight excluding hydrogens is 223 g/mol. The Labute approximate surface area is 101 Å². The molecule has 0 aliphatic heterocycles. The van der Waals surface area contributed by atoms with Gasteiger partial charge in [0.25, 0.3) is 0 Å². The van der Waals surface area contributed by atoms with E-state index >= 15 is 0 Å². The van der Waals surface area contributed by atoms with Gasteiger partial charge in [0.1, 0.15) is 5.82 Å². The Hall–Kier alpha value is -1.29. The van der Waals surface area contributed by atoms with Crippen molar-refractivity contribution >= 4 is 0 Å². The lowest BCUT2D eigenvalue weighted by Gasteiger charge is -2.19. The van der Waals surface area contributed by atoms with E-state index in [1.165, 1.54) is 26.4 Å². The van der Waals surface area contributed by atoms with Gasteiger partial charge < -0.3 is 14.6 Å². The molecule has 2 unspecified atom stereocenters. The Morgan fingerprint density at radius 3 is 2.24 bits per heavy atom. The highest BCUT2D eigenvalue weighted by atomic mass is 19.1. The van der Waals surface area contributed by atoms with Crippen LogP contribution in [-0.2, 0) is 0 Å². The summed E-state index contributed by atoms with van der Waals surface area (Å²) in [5.41, 5.74) is 0.247. The minimum absolute atomic E-state index is 0.0115. The van der Waals surface area contributed by atoms with Crippen LogP contribution in [0.5, 0.6) is 11.5 Å². The SMILES string of the molecule is CCC(C)C(O)c1cc(OC)c(OC)cc1F. The molecular formula is C13H19FO3. The van der Waals surface area contributed by atoms with Crippen LogP contribution in [0.2, 0.25) is 0 Å². The molecule has 0 saturated carbocycles. The Morgan fingerprint density at radius 1 is 1.24 bits per heavy atom. The van der Waals surface area contributed by atoms with E-state index in [1.54, 1.807) is 0 Å². The highest BCUT2D eigenvalue weighted by molar-refractivity contribution is 5.44. The summed E-state index contributed by atoms with van der Waals surface area (Å²) >= 11 is 0. The van der Waals surface area contributed by atoms with Crippen molar-refractivity contribution in [1.82, 2.24) is 0 Å². The molecule has 1 aromatic carbocycles. The van der Waals surface area contributed by atoms with Crippen LogP contribution in [0, 0.1) is 11.7 Å². The second kappa shape index (κ2) is 5.87. The summed E-state index contributed by atoms with van der Waals surface area (Å²) in [6, 6.07) is 2.73. The Morgan fingerprint density at radius 2 is 1.76 bits per heavy atom. The van der Waals surface area contributed by atoms with Crippen molar-refractivity contribution < 1.29 is 19.0 Å². The summed E-state index contributed by atoms with van der Waals surface area (Å²) in [6.07, 6.45) is -0.0607. The van der Waals surface area contributed by atoms with E-state index in [-0.39, 0.29) is 11.5 Å². The third-order valence-corrected chi connectivity index (χ3v) is 3.00. The zero-order valence-electron chi connectivity index (χ0n) is 10.7. The van der Waals surface area contributed by atoms with Gasteiger partial charge in [-0.3, -0.25) is 0 Å². The standard InChI is InChI=1S/C13H19FO3/c1-5-8(2)13(15)9-6-11(16-3)12(17-4)7-10(9)14/h6-8,13,15H,5H2,1-4H3. The minimum atomic E-state index is -0.834. The van der Waals surface area contributed by atoms with Crippen LogP contribution in [0.3, 0.4) is 0 Å². The van der Waals surface area contributed by atoms with Gasteiger partial charge in [0, 0.05) is 11.6 Å². The third-order valence-electron chi connectivity index (χ3n) is 3.00. The summed E-state index contributed by atoms with van der Waals surface area (Å²) in [7, 11) is 2.93. The van der Waals surface area contributed by atoms with Gasteiger partial charge in [0.2, 0.25) is 0 Å². The van der Waals surface area contributed by atoms with Gasteiger partial charge in [-0.05, 0) is 12.0 Å². The molecule has 1 rings (SSSR count). The maximum atomic E-state index is 13.8. The van der Waals surface area contributed by atoms with Gasteiger partial charge in [-0.1, -0.05) is 20.3 Å². The molecule has 17 heavy (non-hydrogen) atoms. The molecule has 0 aliphatic rings. The Balaban J connectivity index is 3.16. The molecule has 0 fully saturated rings. The number of rotatable bonds is 5. The highest BCUT2D eigenvalue weighted by Gasteiger charge is 2.21. The first kappa shape index (κ1) is 13.8. The molecule has 0 saturated heterocycles. The quantitative estimate of drug-likeness (QED) is 0.862. The van der Waals surface area contributed by atoms with Crippen LogP contribution >= 0.6 is 0 Å². The maximum Gasteiger partial charge on any atom is 0.163 e. The average molecular weight is 242 g/mol. The topological polar surface area (TPSA) is 38.7 Å². The van der Waals surface area contributed by atoms with Gasteiger partial charge >= 0.3 is 0 Å². The van der Waals surface area contributed by atoms with Gasteiger partial charge in [0.15, 0.2) is 11.5 Å².